The standard InChI is InChI=1S/C31H42N2O9/c1-28(2,3)41-26(35)18(32-27(36)42-29(4,5)6)16-22(34)39-20-11-12-31(37)21-15-17-9-10-19(38-8)24-23(17)30(31,25(20)40-24)13-14-33(21)7/h9-11,18,21,25,37H,12-16H2,1-8H3,(H,32,36)/t18?,21-,25+,30+,31-/m1/s1. The number of benzene rings is 1. The van der Waals surface area contributed by atoms with Gasteiger partial charge in [-0.1, -0.05) is 6.07 Å². The van der Waals surface area contributed by atoms with Gasteiger partial charge in [0, 0.05) is 18.0 Å². The molecule has 11 nitrogen and oxygen atoms in total. The van der Waals surface area contributed by atoms with Crippen molar-refractivity contribution in [2.75, 3.05) is 20.7 Å². The maximum atomic E-state index is 13.4. The Kier molecular flexibility index (Phi) is 7.29. The van der Waals surface area contributed by atoms with E-state index in [1.165, 1.54) is 0 Å². The van der Waals surface area contributed by atoms with E-state index >= 15 is 0 Å². The van der Waals surface area contributed by atoms with Crippen LogP contribution in [0.4, 0.5) is 4.79 Å². The lowest BCUT2D eigenvalue weighted by Crippen LogP contribution is -2.74. The molecule has 1 unspecified atom stereocenters. The van der Waals surface area contributed by atoms with Crippen molar-refractivity contribution in [2.45, 2.75) is 108 Å². The SMILES string of the molecule is COc1ccc2c3c1O[C@H]1C(OC(=O)CC(NC(=O)OC(C)(C)C)C(=O)OC(C)(C)C)=CC[C@@]4(O)[C@@H](C2)N(C)CC[C@]314. The summed E-state index contributed by atoms with van der Waals surface area (Å²) in [6.07, 6.45) is 1.08. The van der Waals surface area contributed by atoms with E-state index in [4.69, 9.17) is 23.7 Å². The molecule has 4 aliphatic rings. The molecule has 42 heavy (non-hydrogen) atoms. The second-order valence-corrected chi connectivity index (χ2v) is 13.7. The summed E-state index contributed by atoms with van der Waals surface area (Å²) in [4.78, 5) is 41.1. The molecular weight excluding hydrogens is 544 g/mol. The Hall–Kier alpha value is -3.31. The Labute approximate surface area is 246 Å². The number of carbonyl (C=O) groups is 3. The van der Waals surface area contributed by atoms with E-state index in [9.17, 15) is 19.5 Å². The number of piperidine rings is 1. The van der Waals surface area contributed by atoms with Gasteiger partial charge in [-0.05, 0) is 85.7 Å². The summed E-state index contributed by atoms with van der Waals surface area (Å²) in [6.45, 7) is 10.9. The Morgan fingerprint density at radius 1 is 1.14 bits per heavy atom. The third-order valence-corrected chi connectivity index (χ3v) is 8.54. The number of rotatable bonds is 6. The molecule has 1 amide bonds. The van der Waals surface area contributed by atoms with Crippen molar-refractivity contribution < 1.29 is 43.2 Å². The van der Waals surface area contributed by atoms with Crippen LogP contribution in [0.3, 0.4) is 0 Å². The molecule has 2 N–H and O–H groups in total. The third-order valence-electron chi connectivity index (χ3n) is 8.54. The van der Waals surface area contributed by atoms with Crippen LogP contribution in [0.15, 0.2) is 24.0 Å². The fourth-order valence-electron chi connectivity index (χ4n) is 6.94. The second-order valence-electron chi connectivity index (χ2n) is 13.7. The lowest BCUT2D eigenvalue weighted by Gasteiger charge is -2.61. The zero-order chi connectivity index (χ0) is 30.8. The van der Waals surface area contributed by atoms with Crippen molar-refractivity contribution in [3.05, 3.63) is 35.1 Å². The first-order valence-corrected chi connectivity index (χ1v) is 14.4. The summed E-state index contributed by atoms with van der Waals surface area (Å²) < 4.78 is 28.8. The topological polar surface area (TPSA) is 133 Å². The second kappa shape index (κ2) is 10.2. The van der Waals surface area contributed by atoms with Crippen molar-refractivity contribution in [1.82, 2.24) is 10.2 Å². The van der Waals surface area contributed by atoms with Gasteiger partial charge in [-0.15, -0.1) is 0 Å². The minimum Gasteiger partial charge on any atom is -0.493 e. The summed E-state index contributed by atoms with van der Waals surface area (Å²) in [6, 6.07) is 2.40. The third kappa shape index (κ3) is 5.00. The van der Waals surface area contributed by atoms with Gasteiger partial charge >= 0.3 is 18.0 Å². The summed E-state index contributed by atoms with van der Waals surface area (Å²) in [5.41, 5.74) is -1.66. The number of alkyl carbamates (subject to hydrolysis) is 1. The van der Waals surface area contributed by atoms with Crippen LogP contribution in [0.1, 0.15) is 71.9 Å². The number of nitrogens with one attached hydrogen (secondary N) is 1. The van der Waals surface area contributed by atoms with Crippen LogP contribution in [0, 0.1) is 0 Å². The number of esters is 2. The largest absolute Gasteiger partial charge is 0.493 e. The number of aliphatic hydroxyl groups is 1. The lowest BCUT2D eigenvalue weighted by atomic mass is 9.50. The summed E-state index contributed by atoms with van der Waals surface area (Å²) in [5.74, 6) is -0.181. The molecule has 2 heterocycles. The number of methoxy groups -OCH3 is 1. The van der Waals surface area contributed by atoms with Crippen molar-refractivity contribution in [1.29, 1.82) is 0 Å². The number of amides is 1. The highest BCUT2D eigenvalue weighted by Gasteiger charge is 2.72. The molecule has 0 saturated carbocycles. The number of likely N-dealkylation sites (N-methyl/N-ethyl adjacent to an activating group) is 1. The van der Waals surface area contributed by atoms with Gasteiger partial charge in [0.15, 0.2) is 17.6 Å². The van der Waals surface area contributed by atoms with E-state index in [1.807, 2.05) is 19.2 Å². The molecule has 2 aliphatic carbocycles. The highest BCUT2D eigenvalue weighted by atomic mass is 16.6. The number of hydrogen-bond acceptors (Lipinski definition) is 10. The first-order chi connectivity index (χ1) is 19.5. The van der Waals surface area contributed by atoms with E-state index in [0.29, 0.717) is 24.3 Å². The average Bonchev–Trinajstić information content (AvgIpc) is 3.21. The van der Waals surface area contributed by atoms with Gasteiger partial charge in [-0.3, -0.25) is 4.79 Å². The number of carbonyl (C=O) groups excluding carboxylic acids is 3. The minimum atomic E-state index is -1.35. The molecule has 2 bridgehead atoms. The van der Waals surface area contributed by atoms with Gasteiger partial charge in [-0.2, -0.15) is 0 Å². The first kappa shape index (κ1) is 30.2. The molecular formula is C31H42N2O9. The van der Waals surface area contributed by atoms with Gasteiger partial charge in [0.2, 0.25) is 0 Å². The monoisotopic (exact) mass is 586 g/mol. The Balaban J connectivity index is 1.43. The van der Waals surface area contributed by atoms with E-state index in [2.05, 4.69) is 10.2 Å². The fraction of sp³-hybridized carbons (Fsp3) is 0.645. The molecule has 230 valence electrons. The molecule has 0 aromatic heterocycles. The van der Waals surface area contributed by atoms with Gasteiger partial charge in [0.25, 0.3) is 0 Å². The zero-order valence-electron chi connectivity index (χ0n) is 25.7. The molecule has 1 fully saturated rings. The smallest absolute Gasteiger partial charge is 0.408 e. The Morgan fingerprint density at radius 2 is 1.83 bits per heavy atom. The quantitative estimate of drug-likeness (QED) is 0.378. The molecule has 1 saturated heterocycles. The Bertz CT molecular complexity index is 1330. The summed E-state index contributed by atoms with van der Waals surface area (Å²) >= 11 is 0. The van der Waals surface area contributed by atoms with E-state index in [0.717, 1.165) is 17.7 Å². The maximum absolute atomic E-state index is 13.4. The van der Waals surface area contributed by atoms with Crippen molar-refractivity contribution >= 4 is 18.0 Å². The maximum Gasteiger partial charge on any atom is 0.408 e. The highest BCUT2D eigenvalue weighted by molar-refractivity contribution is 5.87. The van der Waals surface area contributed by atoms with Crippen molar-refractivity contribution in [3.8, 4) is 11.5 Å². The summed E-state index contributed by atoms with van der Waals surface area (Å²) in [7, 11) is 3.59. The number of ether oxygens (including phenoxy) is 5. The summed E-state index contributed by atoms with van der Waals surface area (Å²) in [5, 5.41) is 14.8. The molecule has 5 atom stereocenters. The number of likely N-dealkylation sites (tertiary alicyclic amines) is 1. The van der Waals surface area contributed by atoms with Crippen molar-refractivity contribution in [2.24, 2.45) is 0 Å². The Morgan fingerprint density at radius 3 is 2.48 bits per heavy atom. The number of nitrogens with zero attached hydrogens (tertiary/aromatic N) is 1. The van der Waals surface area contributed by atoms with Crippen LogP contribution in [0.5, 0.6) is 11.5 Å². The minimum absolute atomic E-state index is 0.146. The molecule has 1 spiro atoms. The van der Waals surface area contributed by atoms with E-state index < -0.39 is 58.8 Å². The molecule has 1 aromatic carbocycles. The van der Waals surface area contributed by atoms with Crippen LogP contribution in [-0.4, -0.2) is 83.7 Å². The van der Waals surface area contributed by atoms with Gasteiger partial charge in [0.05, 0.1) is 24.5 Å². The van der Waals surface area contributed by atoms with E-state index in [-0.39, 0.29) is 18.2 Å². The van der Waals surface area contributed by atoms with Gasteiger partial charge in [0.1, 0.15) is 23.0 Å². The van der Waals surface area contributed by atoms with Gasteiger partial charge in [-0.25, -0.2) is 9.59 Å². The highest BCUT2D eigenvalue weighted by Crippen LogP contribution is 2.65. The lowest BCUT2D eigenvalue weighted by molar-refractivity contribution is -0.170. The molecule has 0 radical (unpaired) electrons. The molecule has 1 aromatic rings. The zero-order valence-corrected chi connectivity index (χ0v) is 25.7. The molecule has 11 heteroatoms. The fourth-order valence-corrected chi connectivity index (χ4v) is 6.94. The van der Waals surface area contributed by atoms with Crippen LogP contribution in [0.2, 0.25) is 0 Å². The number of hydrogen-bond donors (Lipinski definition) is 2. The molecule has 5 rings (SSSR count). The predicted octanol–water partition coefficient (Wildman–Crippen LogP) is 3.14. The van der Waals surface area contributed by atoms with Crippen LogP contribution in [-0.2, 0) is 35.6 Å². The molecule has 2 aliphatic heterocycles. The van der Waals surface area contributed by atoms with Crippen molar-refractivity contribution in [3.63, 3.8) is 0 Å². The van der Waals surface area contributed by atoms with Gasteiger partial charge < -0.3 is 39.0 Å². The average molecular weight is 587 g/mol. The first-order valence-electron chi connectivity index (χ1n) is 14.4. The predicted molar refractivity (Wildman–Crippen MR) is 151 cm³/mol. The van der Waals surface area contributed by atoms with Crippen LogP contribution in [0.25, 0.3) is 0 Å². The van der Waals surface area contributed by atoms with Crippen LogP contribution >= 0.6 is 0 Å². The van der Waals surface area contributed by atoms with E-state index in [1.54, 1.807) is 54.7 Å². The normalized spacial score (nSPS) is 28.5. The van der Waals surface area contributed by atoms with Crippen LogP contribution < -0.4 is 14.8 Å².